The van der Waals surface area contributed by atoms with Crippen molar-refractivity contribution in [2.45, 2.75) is 6.92 Å². The summed E-state index contributed by atoms with van der Waals surface area (Å²) in [5, 5.41) is 8.41. The van der Waals surface area contributed by atoms with Crippen molar-refractivity contribution in [3.63, 3.8) is 0 Å². The van der Waals surface area contributed by atoms with Gasteiger partial charge in [0, 0.05) is 11.5 Å². The van der Waals surface area contributed by atoms with Gasteiger partial charge >= 0.3 is 0 Å². The zero-order chi connectivity index (χ0) is 7.82. The zero-order valence-electron chi connectivity index (χ0n) is 6.25. The minimum atomic E-state index is -0.383. The smallest absolute Gasteiger partial charge is 0.150 e. The molecule has 0 saturated carbocycles. The quantitative estimate of drug-likeness (QED) is 0.473. The van der Waals surface area contributed by atoms with Crippen LogP contribution in [0.5, 0.6) is 0 Å². The molecule has 0 aromatic heterocycles. The van der Waals surface area contributed by atoms with Gasteiger partial charge in [0.15, 0.2) is 0 Å². The van der Waals surface area contributed by atoms with Crippen LogP contribution in [0.1, 0.15) is 6.92 Å². The molecule has 1 atom stereocenters. The highest BCUT2D eigenvalue weighted by Gasteiger charge is 2.09. The maximum atomic E-state index is 9.11. The van der Waals surface area contributed by atoms with Crippen LogP contribution >= 0.6 is 11.8 Å². The average molecular weight is 183 g/mol. The van der Waals surface area contributed by atoms with Gasteiger partial charge in [-0.05, 0) is 6.92 Å². The highest BCUT2D eigenvalue weighted by molar-refractivity contribution is 8.00. The van der Waals surface area contributed by atoms with E-state index in [2.05, 4.69) is 0 Å². The third-order valence-corrected chi connectivity index (χ3v) is 3.60. The molecule has 0 radical (unpaired) electrons. The lowest BCUT2D eigenvalue weighted by molar-refractivity contribution is 0.322. The van der Waals surface area contributed by atoms with Crippen LogP contribution in [-0.4, -0.2) is 39.3 Å². The summed E-state index contributed by atoms with van der Waals surface area (Å²) in [5.74, 6) is 3.50. The molecule has 0 bridgehead atoms. The second-order valence-electron chi connectivity index (χ2n) is 1.79. The average Bonchev–Trinajstić information content (AvgIpc) is 1.98. The zero-order valence-corrected chi connectivity index (χ0v) is 7.88. The van der Waals surface area contributed by atoms with E-state index in [0.717, 1.165) is 23.0 Å². The minimum absolute atomic E-state index is 0.246. The Bertz CT molecular complexity index is 70.8. The summed E-state index contributed by atoms with van der Waals surface area (Å²) in [7, 11) is 0. The van der Waals surface area contributed by atoms with E-state index in [1.54, 1.807) is 11.8 Å². The lowest BCUT2D eigenvalue weighted by atomic mass is 10.9. The Hall–Kier alpha value is 0.620. The van der Waals surface area contributed by atoms with Gasteiger partial charge in [0.25, 0.3) is 0 Å². The molecule has 0 aromatic rings. The molecule has 0 amide bonds. The number of rotatable bonds is 6. The molecule has 0 aliphatic rings. The molecule has 0 saturated heterocycles. The number of aliphatic hydroxyl groups excluding tert-OH is 1. The van der Waals surface area contributed by atoms with E-state index in [0.29, 0.717) is 0 Å². The van der Waals surface area contributed by atoms with Gasteiger partial charge in [0.2, 0.25) is 0 Å². The lowest BCUT2D eigenvalue weighted by Gasteiger charge is -1.96. The van der Waals surface area contributed by atoms with Gasteiger partial charge in [-0.3, -0.25) is 0 Å². The Kier molecular flexibility index (Phi) is 8.20. The standard InChI is InChI=1S/C6H15O2S2/c1-2-10(8)6-5-9-4-3-7/h7-8H,2-6H2,1H3/q+1. The van der Waals surface area contributed by atoms with E-state index >= 15 is 0 Å². The molecule has 0 heterocycles. The van der Waals surface area contributed by atoms with E-state index in [1.165, 1.54) is 0 Å². The van der Waals surface area contributed by atoms with Gasteiger partial charge < -0.3 is 5.11 Å². The second kappa shape index (κ2) is 7.72. The molecular weight excluding hydrogens is 168 g/mol. The predicted molar refractivity (Wildman–Crippen MR) is 49.8 cm³/mol. The van der Waals surface area contributed by atoms with Crippen molar-refractivity contribution in [1.29, 1.82) is 0 Å². The van der Waals surface area contributed by atoms with Crippen LogP contribution in [-0.2, 0) is 11.2 Å². The summed E-state index contributed by atoms with van der Waals surface area (Å²) in [6.07, 6.45) is 0. The van der Waals surface area contributed by atoms with Crippen molar-refractivity contribution in [3.05, 3.63) is 0 Å². The maximum Gasteiger partial charge on any atom is 0.150 e. The van der Waals surface area contributed by atoms with Crippen LogP contribution in [0.15, 0.2) is 0 Å². The Morgan fingerprint density at radius 2 is 2.10 bits per heavy atom. The van der Waals surface area contributed by atoms with Crippen LogP contribution in [0.25, 0.3) is 0 Å². The molecule has 1 unspecified atom stereocenters. The molecular formula is C6H15O2S2+. The van der Waals surface area contributed by atoms with Crippen LogP contribution in [0, 0.1) is 0 Å². The Labute approximate surface area is 69.6 Å². The molecule has 0 aromatic carbocycles. The van der Waals surface area contributed by atoms with Crippen molar-refractivity contribution in [2.24, 2.45) is 0 Å². The van der Waals surface area contributed by atoms with Crippen LogP contribution in [0.2, 0.25) is 0 Å². The molecule has 0 rings (SSSR count). The fraction of sp³-hybridized carbons (Fsp3) is 1.00. The Balaban J connectivity index is 2.89. The third kappa shape index (κ3) is 6.74. The molecule has 0 aliphatic heterocycles. The highest BCUT2D eigenvalue weighted by Crippen LogP contribution is 2.01. The fourth-order valence-electron chi connectivity index (χ4n) is 0.466. The second-order valence-corrected chi connectivity index (χ2v) is 4.93. The SMILES string of the molecule is CC[S+](O)CCSCCO. The van der Waals surface area contributed by atoms with E-state index in [1.807, 2.05) is 6.92 Å². The van der Waals surface area contributed by atoms with E-state index < -0.39 is 0 Å². The largest absolute Gasteiger partial charge is 0.396 e. The van der Waals surface area contributed by atoms with Gasteiger partial charge in [-0.1, -0.05) is 0 Å². The summed E-state index contributed by atoms with van der Waals surface area (Å²) >= 11 is 1.31. The van der Waals surface area contributed by atoms with Crippen molar-refractivity contribution in [3.8, 4) is 0 Å². The Morgan fingerprint density at radius 1 is 1.40 bits per heavy atom. The van der Waals surface area contributed by atoms with Crippen molar-refractivity contribution in [1.82, 2.24) is 0 Å². The molecule has 2 nitrogen and oxygen atoms in total. The van der Waals surface area contributed by atoms with Crippen LogP contribution in [0.4, 0.5) is 0 Å². The number of hydrogen-bond acceptors (Lipinski definition) is 3. The fourth-order valence-corrected chi connectivity index (χ4v) is 2.33. The van der Waals surface area contributed by atoms with Crippen molar-refractivity contribution < 1.29 is 9.66 Å². The molecule has 2 N–H and O–H groups in total. The van der Waals surface area contributed by atoms with Crippen molar-refractivity contribution in [2.75, 3.05) is 29.6 Å². The highest BCUT2D eigenvalue weighted by atomic mass is 32.2. The Morgan fingerprint density at radius 3 is 2.60 bits per heavy atom. The van der Waals surface area contributed by atoms with Crippen molar-refractivity contribution >= 4 is 22.9 Å². The first-order valence-electron chi connectivity index (χ1n) is 3.36. The van der Waals surface area contributed by atoms with E-state index in [9.17, 15) is 0 Å². The molecule has 0 fully saturated rings. The molecule has 10 heavy (non-hydrogen) atoms. The summed E-state index contributed by atoms with van der Waals surface area (Å²) in [6, 6.07) is 0. The van der Waals surface area contributed by atoms with E-state index in [4.69, 9.17) is 9.66 Å². The normalized spacial score (nSPS) is 13.5. The summed E-state index contributed by atoms with van der Waals surface area (Å²) < 4.78 is 9.11. The molecule has 0 aliphatic carbocycles. The third-order valence-electron chi connectivity index (χ3n) is 1.03. The summed E-state index contributed by atoms with van der Waals surface area (Å²) in [4.78, 5) is 0. The maximum absolute atomic E-state index is 9.11. The first kappa shape index (κ1) is 10.6. The molecule has 62 valence electrons. The first-order chi connectivity index (χ1) is 4.81. The van der Waals surface area contributed by atoms with Gasteiger partial charge in [0.05, 0.1) is 6.61 Å². The predicted octanol–water partition coefficient (Wildman–Crippen LogP) is 0.823. The molecule has 4 heteroatoms. The summed E-state index contributed by atoms with van der Waals surface area (Å²) in [5.41, 5.74) is 0. The first-order valence-corrected chi connectivity index (χ1v) is 6.04. The van der Waals surface area contributed by atoms with Gasteiger partial charge in [-0.25, -0.2) is 0 Å². The van der Waals surface area contributed by atoms with Crippen LogP contribution < -0.4 is 0 Å². The summed E-state index contributed by atoms with van der Waals surface area (Å²) in [6.45, 7) is 2.23. The number of thioether (sulfide) groups is 1. The van der Waals surface area contributed by atoms with Gasteiger partial charge in [-0.2, -0.15) is 16.3 Å². The number of aliphatic hydroxyl groups is 1. The monoisotopic (exact) mass is 183 g/mol. The molecule has 0 spiro atoms. The van der Waals surface area contributed by atoms with E-state index in [-0.39, 0.29) is 17.8 Å². The van der Waals surface area contributed by atoms with Crippen LogP contribution in [0.3, 0.4) is 0 Å². The van der Waals surface area contributed by atoms with Gasteiger partial charge in [0.1, 0.15) is 22.7 Å². The topological polar surface area (TPSA) is 40.5 Å². The number of hydrogen-bond donors (Lipinski definition) is 2. The minimum Gasteiger partial charge on any atom is -0.396 e. The van der Waals surface area contributed by atoms with Gasteiger partial charge in [-0.15, -0.1) is 0 Å². The lowest BCUT2D eigenvalue weighted by Crippen LogP contribution is -2.10.